The zero-order valence-corrected chi connectivity index (χ0v) is 8.00. The Hall–Kier alpha value is -1.42. The quantitative estimate of drug-likeness (QED) is 0.784. The van der Waals surface area contributed by atoms with E-state index in [0.29, 0.717) is 13.1 Å². The minimum absolute atomic E-state index is 0.229. The summed E-state index contributed by atoms with van der Waals surface area (Å²) in [6, 6.07) is 4.61. The second-order valence-corrected chi connectivity index (χ2v) is 3.26. The van der Waals surface area contributed by atoms with Crippen molar-refractivity contribution in [1.29, 1.82) is 0 Å². The molecule has 0 unspecified atom stereocenters. The smallest absolute Gasteiger partial charge is 0.124 e. The van der Waals surface area contributed by atoms with E-state index in [2.05, 4.69) is 5.10 Å². The molecule has 0 atom stereocenters. The van der Waals surface area contributed by atoms with Crippen molar-refractivity contribution in [3.05, 3.63) is 29.7 Å². The van der Waals surface area contributed by atoms with E-state index < -0.39 is 0 Å². The maximum atomic E-state index is 12.9. The second-order valence-electron chi connectivity index (χ2n) is 3.26. The Bertz CT molecular complexity index is 462. The maximum Gasteiger partial charge on any atom is 0.124 e. The van der Waals surface area contributed by atoms with Crippen LogP contribution in [0.25, 0.3) is 10.9 Å². The molecule has 0 radical (unpaired) electrons. The molecule has 0 saturated heterocycles. The van der Waals surface area contributed by atoms with E-state index in [1.807, 2.05) is 11.6 Å². The Kier molecular flexibility index (Phi) is 2.21. The van der Waals surface area contributed by atoms with Gasteiger partial charge in [0.2, 0.25) is 0 Å². The van der Waals surface area contributed by atoms with Crippen LogP contribution in [0.4, 0.5) is 4.39 Å². The molecule has 1 aromatic carbocycles. The second kappa shape index (κ2) is 3.38. The summed E-state index contributed by atoms with van der Waals surface area (Å²) in [5.74, 6) is -0.229. The average molecular weight is 193 g/mol. The maximum absolute atomic E-state index is 12.9. The highest BCUT2D eigenvalue weighted by atomic mass is 19.1. The van der Waals surface area contributed by atoms with Gasteiger partial charge in [-0.05, 0) is 25.1 Å². The summed E-state index contributed by atoms with van der Waals surface area (Å²) in [5.41, 5.74) is 7.23. The third kappa shape index (κ3) is 1.37. The van der Waals surface area contributed by atoms with Gasteiger partial charge in [-0.1, -0.05) is 0 Å². The Labute approximate surface area is 81.3 Å². The molecule has 1 heterocycles. The first-order valence-electron chi connectivity index (χ1n) is 4.55. The van der Waals surface area contributed by atoms with Crippen molar-refractivity contribution in [2.75, 3.05) is 6.54 Å². The van der Waals surface area contributed by atoms with Crippen molar-refractivity contribution in [3.8, 4) is 0 Å². The van der Waals surface area contributed by atoms with Crippen molar-refractivity contribution in [1.82, 2.24) is 9.78 Å². The number of fused-ring (bicyclic) bond motifs is 1. The molecule has 0 amide bonds. The minimum Gasteiger partial charge on any atom is -0.329 e. The van der Waals surface area contributed by atoms with E-state index in [-0.39, 0.29) is 5.82 Å². The van der Waals surface area contributed by atoms with E-state index in [9.17, 15) is 4.39 Å². The summed E-state index contributed by atoms with van der Waals surface area (Å²) in [5, 5.41) is 5.17. The highest BCUT2D eigenvalue weighted by Crippen LogP contribution is 2.18. The molecule has 0 fully saturated rings. The van der Waals surface area contributed by atoms with Crippen LogP contribution in [0, 0.1) is 12.7 Å². The Morgan fingerprint density at radius 2 is 2.29 bits per heavy atom. The van der Waals surface area contributed by atoms with E-state index in [0.717, 1.165) is 16.6 Å². The van der Waals surface area contributed by atoms with Crippen LogP contribution in [0.2, 0.25) is 0 Å². The Balaban J connectivity index is 2.62. The molecule has 3 nitrogen and oxygen atoms in total. The molecule has 2 N–H and O–H groups in total. The van der Waals surface area contributed by atoms with Gasteiger partial charge in [0, 0.05) is 17.6 Å². The molecular weight excluding hydrogens is 181 g/mol. The summed E-state index contributed by atoms with van der Waals surface area (Å²) in [4.78, 5) is 0. The first-order chi connectivity index (χ1) is 6.72. The lowest BCUT2D eigenvalue weighted by Gasteiger charge is -1.99. The fourth-order valence-electron chi connectivity index (χ4n) is 1.57. The first kappa shape index (κ1) is 9.15. The van der Waals surface area contributed by atoms with Gasteiger partial charge in [0.15, 0.2) is 0 Å². The molecule has 14 heavy (non-hydrogen) atoms. The summed E-state index contributed by atoms with van der Waals surface area (Å²) in [7, 11) is 0. The number of rotatable bonds is 2. The van der Waals surface area contributed by atoms with E-state index >= 15 is 0 Å². The highest BCUT2D eigenvalue weighted by molar-refractivity contribution is 5.81. The molecule has 2 rings (SSSR count). The molecule has 1 aromatic heterocycles. The number of hydrogen-bond acceptors (Lipinski definition) is 2. The van der Waals surface area contributed by atoms with E-state index in [4.69, 9.17) is 5.73 Å². The van der Waals surface area contributed by atoms with Gasteiger partial charge in [0.25, 0.3) is 0 Å². The monoisotopic (exact) mass is 193 g/mol. The SMILES string of the molecule is Cc1c2cc(F)ccc2nn1CCN. The van der Waals surface area contributed by atoms with E-state index in [1.54, 1.807) is 6.07 Å². The van der Waals surface area contributed by atoms with Gasteiger partial charge in [-0.15, -0.1) is 0 Å². The molecule has 0 aliphatic carbocycles. The Morgan fingerprint density at radius 3 is 3.00 bits per heavy atom. The lowest BCUT2D eigenvalue weighted by Crippen LogP contribution is -2.11. The summed E-state index contributed by atoms with van der Waals surface area (Å²) < 4.78 is 14.8. The fourth-order valence-corrected chi connectivity index (χ4v) is 1.57. The number of aromatic nitrogens is 2. The standard InChI is InChI=1S/C10H12FN3/c1-7-9-6-8(11)2-3-10(9)13-14(7)5-4-12/h2-3,6H,4-5,12H2,1H3. The highest BCUT2D eigenvalue weighted by Gasteiger charge is 2.06. The van der Waals surface area contributed by atoms with Crippen LogP contribution in [0.5, 0.6) is 0 Å². The van der Waals surface area contributed by atoms with E-state index in [1.165, 1.54) is 12.1 Å². The molecule has 0 spiro atoms. The van der Waals surface area contributed by atoms with Crippen molar-refractivity contribution in [2.45, 2.75) is 13.5 Å². The number of nitrogens with two attached hydrogens (primary N) is 1. The fraction of sp³-hybridized carbons (Fsp3) is 0.300. The average Bonchev–Trinajstić information content (AvgIpc) is 2.46. The predicted molar refractivity (Wildman–Crippen MR) is 53.5 cm³/mol. The van der Waals surface area contributed by atoms with Crippen LogP contribution in [-0.2, 0) is 6.54 Å². The third-order valence-corrected chi connectivity index (χ3v) is 2.30. The van der Waals surface area contributed by atoms with Crippen molar-refractivity contribution >= 4 is 10.9 Å². The zero-order chi connectivity index (χ0) is 10.1. The van der Waals surface area contributed by atoms with Crippen molar-refractivity contribution in [3.63, 3.8) is 0 Å². The molecule has 4 heteroatoms. The topological polar surface area (TPSA) is 43.8 Å². The number of aryl methyl sites for hydroxylation is 1. The lowest BCUT2D eigenvalue weighted by atomic mass is 10.2. The van der Waals surface area contributed by atoms with Gasteiger partial charge < -0.3 is 5.73 Å². The molecule has 0 bridgehead atoms. The van der Waals surface area contributed by atoms with Gasteiger partial charge in [-0.2, -0.15) is 5.10 Å². The van der Waals surface area contributed by atoms with Crippen LogP contribution in [-0.4, -0.2) is 16.3 Å². The number of hydrogen-bond donors (Lipinski definition) is 1. The van der Waals surface area contributed by atoms with Gasteiger partial charge in [-0.3, -0.25) is 4.68 Å². The molecule has 2 aromatic rings. The van der Waals surface area contributed by atoms with Gasteiger partial charge >= 0.3 is 0 Å². The number of nitrogens with zero attached hydrogens (tertiary/aromatic N) is 2. The Morgan fingerprint density at radius 1 is 1.50 bits per heavy atom. The molecule has 74 valence electrons. The summed E-state index contributed by atoms with van der Waals surface area (Å²) in [6.45, 7) is 3.13. The molecular formula is C10H12FN3. The zero-order valence-electron chi connectivity index (χ0n) is 8.00. The van der Waals surface area contributed by atoms with Crippen LogP contribution >= 0.6 is 0 Å². The van der Waals surface area contributed by atoms with Crippen LogP contribution < -0.4 is 5.73 Å². The molecule has 0 saturated carbocycles. The molecule has 0 aliphatic heterocycles. The summed E-state index contributed by atoms with van der Waals surface area (Å²) in [6.07, 6.45) is 0. The summed E-state index contributed by atoms with van der Waals surface area (Å²) >= 11 is 0. The first-order valence-corrected chi connectivity index (χ1v) is 4.55. The minimum atomic E-state index is -0.229. The van der Waals surface area contributed by atoms with Crippen LogP contribution in [0.15, 0.2) is 18.2 Å². The van der Waals surface area contributed by atoms with Gasteiger partial charge in [0.1, 0.15) is 5.82 Å². The third-order valence-electron chi connectivity index (χ3n) is 2.30. The van der Waals surface area contributed by atoms with Gasteiger partial charge in [0.05, 0.1) is 12.1 Å². The molecule has 0 aliphatic rings. The van der Waals surface area contributed by atoms with Gasteiger partial charge in [-0.25, -0.2) is 4.39 Å². The predicted octanol–water partition coefficient (Wildman–Crippen LogP) is 1.44. The van der Waals surface area contributed by atoms with Crippen molar-refractivity contribution < 1.29 is 4.39 Å². The largest absolute Gasteiger partial charge is 0.329 e. The normalized spacial score (nSPS) is 11.1. The van der Waals surface area contributed by atoms with Crippen LogP contribution in [0.3, 0.4) is 0 Å². The van der Waals surface area contributed by atoms with Crippen LogP contribution in [0.1, 0.15) is 5.69 Å². The number of halogens is 1. The van der Waals surface area contributed by atoms with Crippen molar-refractivity contribution in [2.24, 2.45) is 5.73 Å². The lowest BCUT2D eigenvalue weighted by molar-refractivity contribution is 0.614. The number of benzene rings is 1.